The Bertz CT molecular complexity index is 562. The maximum absolute atomic E-state index is 12.7. The second-order valence-electron chi connectivity index (χ2n) is 5.03. The van der Waals surface area contributed by atoms with E-state index < -0.39 is 6.04 Å². The fraction of sp³-hybridized carbons (Fsp3) is 0.467. The Kier molecular flexibility index (Phi) is 4.73. The molecule has 0 saturated carbocycles. The second-order valence-corrected chi connectivity index (χ2v) is 5.46. The maximum Gasteiger partial charge on any atom is 0.258 e. The SMILES string of the molecule is CC[C@@H]1C(=O)N(C)CCN1C(=O)c1ccc(Cl)cc1OC. The van der Waals surface area contributed by atoms with Gasteiger partial charge in [-0.3, -0.25) is 9.59 Å². The highest BCUT2D eigenvalue weighted by Gasteiger charge is 2.35. The standard InChI is InChI=1S/C15H19ClN2O3/c1-4-12-15(20)17(2)7-8-18(12)14(19)11-6-5-10(16)9-13(11)21-3/h5-6,9,12H,4,7-8H2,1-3H3/t12-/m1/s1. The van der Waals surface area contributed by atoms with Crippen molar-refractivity contribution in [1.82, 2.24) is 9.80 Å². The van der Waals surface area contributed by atoms with Gasteiger partial charge in [-0.15, -0.1) is 0 Å². The molecule has 0 bridgehead atoms. The Labute approximate surface area is 129 Å². The largest absolute Gasteiger partial charge is 0.496 e. The van der Waals surface area contributed by atoms with Gasteiger partial charge in [0.1, 0.15) is 11.8 Å². The molecule has 0 N–H and O–H groups in total. The molecule has 1 saturated heterocycles. The maximum atomic E-state index is 12.7. The van der Waals surface area contributed by atoms with Gasteiger partial charge in [0.2, 0.25) is 5.91 Å². The van der Waals surface area contributed by atoms with Gasteiger partial charge in [-0.25, -0.2) is 0 Å². The lowest BCUT2D eigenvalue weighted by Crippen LogP contribution is -2.57. The van der Waals surface area contributed by atoms with Crippen LogP contribution in [0.4, 0.5) is 0 Å². The summed E-state index contributed by atoms with van der Waals surface area (Å²) < 4.78 is 5.23. The molecule has 1 aromatic rings. The first-order valence-electron chi connectivity index (χ1n) is 6.89. The van der Waals surface area contributed by atoms with Crippen molar-refractivity contribution >= 4 is 23.4 Å². The summed E-state index contributed by atoms with van der Waals surface area (Å²) in [7, 11) is 3.25. The number of halogens is 1. The number of ether oxygens (including phenoxy) is 1. The molecule has 0 aliphatic carbocycles. The quantitative estimate of drug-likeness (QED) is 0.858. The first kappa shape index (κ1) is 15.6. The van der Waals surface area contributed by atoms with E-state index in [0.29, 0.717) is 35.8 Å². The number of likely N-dealkylation sites (N-methyl/N-ethyl adjacent to an activating group) is 1. The number of hydrogen-bond acceptors (Lipinski definition) is 3. The molecule has 21 heavy (non-hydrogen) atoms. The number of methoxy groups -OCH3 is 1. The summed E-state index contributed by atoms with van der Waals surface area (Å²) in [4.78, 5) is 28.2. The number of carbonyl (C=O) groups excluding carboxylic acids is 2. The Balaban J connectivity index is 2.33. The molecular formula is C15H19ClN2O3. The van der Waals surface area contributed by atoms with Gasteiger partial charge in [0.05, 0.1) is 12.7 Å². The molecule has 114 valence electrons. The third kappa shape index (κ3) is 2.97. The lowest BCUT2D eigenvalue weighted by molar-refractivity contribution is -0.138. The third-order valence-electron chi connectivity index (χ3n) is 3.76. The zero-order valence-corrected chi connectivity index (χ0v) is 13.2. The minimum absolute atomic E-state index is 0.0231. The molecule has 1 fully saturated rings. The monoisotopic (exact) mass is 310 g/mol. The van der Waals surface area contributed by atoms with Crippen molar-refractivity contribution in [2.45, 2.75) is 19.4 Å². The van der Waals surface area contributed by atoms with Crippen LogP contribution in [0.1, 0.15) is 23.7 Å². The van der Waals surface area contributed by atoms with Crippen molar-refractivity contribution in [3.05, 3.63) is 28.8 Å². The van der Waals surface area contributed by atoms with E-state index in [0.717, 1.165) is 0 Å². The lowest BCUT2D eigenvalue weighted by Gasteiger charge is -2.38. The molecule has 2 rings (SSSR count). The number of piperazine rings is 1. The molecule has 0 unspecified atom stereocenters. The number of rotatable bonds is 3. The van der Waals surface area contributed by atoms with Crippen molar-refractivity contribution < 1.29 is 14.3 Å². The summed E-state index contributed by atoms with van der Waals surface area (Å²) in [5.41, 5.74) is 0.428. The minimum Gasteiger partial charge on any atom is -0.496 e. The molecule has 0 spiro atoms. The number of amides is 2. The predicted octanol–water partition coefficient (Wildman–Crippen LogP) is 2.04. The smallest absolute Gasteiger partial charge is 0.258 e. The van der Waals surface area contributed by atoms with E-state index >= 15 is 0 Å². The van der Waals surface area contributed by atoms with E-state index in [2.05, 4.69) is 0 Å². The van der Waals surface area contributed by atoms with E-state index in [4.69, 9.17) is 16.3 Å². The fourth-order valence-corrected chi connectivity index (χ4v) is 2.71. The Morgan fingerprint density at radius 2 is 2.14 bits per heavy atom. The summed E-state index contributed by atoms with van der Waals surface area (Å²) in [6, 6.07) is 4.47. The zero-order valence-electron chi connectivity index (χ0n) is 12.4. The van der Waals surface area contributed by atoms with Gasteiger partial charge in [-0.05, 0) is 24.6 Å². The van der Waals surface area contributed by atoms with E-state index in [1.807, 2.05) is 6.92 Å². The second kappa shape index (κ2) is 6.35. The van der Waals surface area contributed by atoms with Crippen LogP contribution < -0.4 is 4.74 Å². The normalized spacial score (nSPS) is 18.9. The van der Waals surface area contributed by atoms with E-state index in [1.54, 1.807) is 35.0 Å². The molecule has 1 heterocycles. The summed E-state index contributed by atoms with van der Waals surface area (Å²) in [5.74, 6) is 0.204. The highest BCUT2D eigenvalue weighted by atomic mass is 35.5. The highest BCUT2D eigenvalue weighted by molar-refractivity contribution is 6.30. The number of hydrogen-bond donors (Lipinski definition) is 0. The summed E-state index contributed by atoms with van der Waals surface area (Å²) in [6.45, 7) is 2.96. The summed E-state index contributed by atoms with van der Waals surface area (Å²) in [6.07, 6.45) is 0.588. The predicted molar refractivity (Wildman–Crippen MR) is 80.8 cm³/mol. The van der Waals surface area contributed by atoms with Crippen LogP contribution in [-0.2, 0) is 4.79 Å². The van der Waals surface area contributed by atoms with Gasteiger partial charge >= 0.3 is 0 Å². The van der Waals surface area contributed by atoms with Crippen LogP contribution in [0, 0.1) is 0 Å². The first-order valence-corrected chi connectivity index (χ1v) is 7.26. The zero-order chi connectivity index (χ0) is 15.6. The number of nitrogens with zero attached hydrogens (tertiary/aromatic N) is 2. The molecule has 1 atom stereocenters. The molecule has 1 aliphatic heterocycles. The average molecular weight is 311 g/mol. The van der Waals surface area contributed by atoms with E-state index in [1.165, 1.54) is 7.11 Å². The molecule has 0 radical (unpaired) electrons. The van der Waals surface area contributed by atoms with Gasteiger partial charge in [0.15, 0.2) is 0 Å². The molecule has 6 heteroatoms. The van der Waals surface area contributed by atoms with Crippen LogP contribution in [0.3, 0.4) is 0 Å². The first-order chi connectivity index (χ1) is 9.99. The van der Waals surface area contributed by atoms with Crippen LogP contribution in [0.15, 0.2) is 18.2 Å². The van der Waals surface area contributed by atoms with Crippen molar-refractivity contribution in [1.29, 1.82) is 0 Å². The van der Waals surface area contributed by atoms with Gasteiger partial charge in [0, 0.05) is 25.2 Å². The molecule has 1 aromatic carbocycles. The average Bonchev–Trinajstić information content (AvgIpc) is 2.49. The van der Waals surface area contributed by atoms with Crippen molar-refractivity contribution in [3.63, 3.8) is 0 Å². The van der Waals surface area contributed by atoms with Gasteiger partial charge in [-0.2, -0.15) is 0 Å². The Morgan fingerprint density at radius 1 is 1.43 bits per heavy atom. The van der Waals surface area contributed by atoms with Crippen molar-refractivity contribution in [2.75, 3.05) is 27.2 Å². The molecule has 0 aromatic heterocycles. The Hall–Kier alpha value is -1.75. The van der Waals surface area contributed by atoms with Crippen LogP contribution in [-0.4, -0.2) is 54.9 Å². The minimum atomic E-state index is -0.420. The topological polar surface area (TPSA) is 49.9 Å². The molecule has 2 amide bonds. The molecule has 1 aliphatic rings. The number of carbonyl (C=O) groups is 2. The highest BCUT2D eigenvalue weighted by Crippen LogP contribution is 2.26. The lowest BCUT2D eigenvalue weighted by atomic mass is 10.1. The van der Waals surface area contributed by atoms with Gasteiger partial charge in [0.25, 0.3) is 5.91 Å². The number of benzene rings is 1. The Morgan fingerprint density at radius 3 is 2.76 bits per heavy atom. The van der Waals surface area contributed by atoms with Crippen LogP contribution in [0.5, 0.6) is 5.75 Å². The van der Waals surface area contributed by atoms with Crippen LogP contribution in [0.25, 0.3) is 0 Å². The van der Waals surface area contributed by atoms with Crippen LogP contribution in [0.2, 0.25) is 5.02 Å². The molecule has 5 nitrogen and oxygen atoms in total. The van der Waals surface area contributed by atoms with Crippen molar-refractivity contribution in [2.24, 2.45) is 0 Å². The third-order valence-corrected chi connectivity index (χ3v) is 3.99. The summed E-state index contributed by atoms with van der Waals surface area (Å²) >= 11 is 5.92. The summed E-state index contributed by atoms with van der Waals surface area (Å²) in [5, 5.41) is 0.505. The van der Waals surface area contributed by atoms with Gasteiger partial charge in [-0.1, -0.05) is 18.5 Å². The van der Waals surface area contributed by atoms with E-state index in [-0.39, 0.29) is 11.8 Å². The van der Waals surface area contributed by atoms with E-state index in [9.17, 15) is 9.59 Å². The fourth-order valence-electron chi connectivity index (χ4n) is 2.55. The molecular weight excluding hydrogens is 292 g/mol. The van der Waals surface area contributed by atoms with Crippen molar-refractivity contribution in [3.8, 4) is 5.75 Å². The van der Waals surface area contributed by atoms with Crippen LogP contribution >= 0.6 is 11.6 Å². The van der Waals surface area contributed by atoms with Gasteiger partial charge < -0.3 is 14.5 Å².